The summed E-state index contributed by atoms with van der Waals surface area (Å²) < 4.78 is 31.2. The van der Waals surface area contributed by atoms with E-state index >= 15 is 0 Å². The molecule has 0 saturated heterocycles. The maximum Gasteiger partial charge on any atom is 0.302 e. The Morgan fingerprint density at radius 2 is 1.83 bits per heavy atom. The zero-order valence-electron chi connectivity index (χ0n) is 12.2. The Morgan fingerprint density at radius 1 is 1.12 bits per heavy atom. The molecule has 0 radical (unpaired) electrons. The zero-order valence-corrected chi connectivity index (χ0v) is 12.2. The number of H-pyrrole nitrogens is 1. The molecule has 0 fully saturated rings. The lowest BCUT2D eigenvalue weighted by Gasteiger charge is -2.02. The lowest BCUT2D eigenvalue weighted by molar-refractivity contribution is -0.120. The SMILES string of the molecule is O=C(COc1ccc(F)cc1)N=Nc1c(O)[nH]c2ccc(F)cc12. The number of amides is 1. The van der Waals surface area contributed by atoms with Gasteiger partial charge in [0.25, 0.3) is 0 Å². The first-order valence-electron chi connectivity index (χ1n) is 6.86. The summed E-state index contributed by atoms with van der Waals surface area (Å²) in [6.07, 6.45) is 0. The first-order valence-corrected chi connectivity index (χ1v) is 6.86. The number of fused-ring (bicyclic) bond motifs is 1. The van der Waals surface area contributed by atoms with Crippen LogP contribution in [0.15, 0.2) is 52.7 Å². The Morgan fingerprint density at radius 3 is 2.58 bits per heavy atom. The van der Waals surface area contributed by atoms with Gasteiger partial charge in [-0.05, 0) is 42.5 Å². The van der Waals surface area contributed by atoms with Crippen molar-refractivity contribution in [2.24, 2.45) is 10.2 Å². The van der Waals surface area contributed by atoms with E-state index < -0.39 is 24.1 Å². The van der Waals surface area contributed by atoms with Crippen molar-refractivity contribution in [1.29, 1.82) is 0 Å². The highest BCUT2D eigenvalue weighted by atomic mass is 19.1. The summed E-state index contributed by atoms with van der Waals surface area (Å²) >= 11 is 0. The Labute approximate surface area is 134 Å². The number of hydrogen-bond acceptors (Lipinski definition) is 4. The lowest BCUT2D eigenvalue weighted by atomic mass is 10.2. The van der Waals surface area contributed by atoms with Gasteiger partial charge in [0.05, 0.1) is 5.52 Å². The average Bonchev–Trinajstić information content (AvgIpc) is 2.87. The van der Waals surface area contributed by atoms with E-state index in [1.807, 2.05) is 0 Å². The fourth-order valence-corrected chi connectivity index (χ4v) is 2.05. The van der Waals surface area contributed by atoms with Gasteiger partial charge in [0, 0.05) is 5.39 Å². The molecule has 3 rings (SSSR count). The van der Waals surface area contributed by atoms with Crippen LogP contribution in [-0.4, -0.2) is 22.6 Å². The van der Waals surface area contributed by atoms with Crippen LogP contribution in [0.1, 0.15) is 0 Å². The highest BCUT2D eigenvalue weighted by Gasteiger charge is 2.12. The minimum atomic E-state index is -0.718. The molecular weight excluding hydrogens is 320 g/mol. The molecule has 24 heavy (non-hydrogen) atoms. The predicted octanol–water partition coefficient (Wildman–Crippen LogP) is 3.84. The molecule has 0 aliphatic heterocycles. The number of nitrogens with one attached hydrogen (secondary N) is 1. The van der Waals surface area contributed by atoms with Gasteiger partial charge >= 0.3 is 5.91 Å². The number of benzene rings is 2. The van der Waals surface area contributed by atoms with E-state index in [9.17, 15) is 18.7 Å². The smallest absolute Gasteiger partial charge is 0.302 e. The van der Waals surface area contributed by atoms with E-state index in [1.54, 1.807) is 0 Å². The number of aromatic amines is 1. The van der Waals surface area contributed by atoms with E-state index in [4.69, 9.17) is 4.74 Å². The fourth-order valence-electron chi connectivity index (χ4n) is 2.05. The molecule has 1 aromatic heterocycles. The van der Waals surface area contributed by atoms with Gasteiger partial charge in [0.1, 0.15) is 17.4 Å². The molecule has 0 saturated carbocycles. The third kappa shape index (κ3) is 3.37. The fraction of sp³-hybridized carbons (Fsp3) is 0.0625. The van der Waals surface area contributed by atoms with E-state index in [0.717, 1.165) is 0 Å². The van der Waals surface area contributed by atoms with Crippen molar-refractivity contribution in [3.8, 4) is 11.6 Å². The summed E-state index contributed by atoms with van der Waals surface area (Å²) in [7, 11) is 0. The second-order valence-corrected chi connectivity index (χ2v) is 4.85. The van der Waals surface area contributed by atoms with Crippen molar-refractivity contribution >= 4 is 22.5 Å². The van der Waals surface area contributed by atoms with E-state index in [0.29, 0.717) is 16.7 Å². The van der Waals surface area contributed by atoms with Crippen LogP contribution in [0, 0.1) is 11.6 Å². The summed E-state index contributed by atoms with van der Waals surface area (Å²) in [5.41, 5.74) is 0.414. The molecule has 6 nitrogen and oxygen atoms in total. The molecule has 8 heteroatoms. The van der Waals surface area contributed by atoms with Gasteiger partial charge in [-0.1, -0.05) is 0 Å². The van der Waals surface area contributed by atoms with Crippen molar-refractivity contribution in [2.45, 2.75) is 0 Å². The second-order valence-electron chi connectivity index (χ2n) is 4.85. The third-order valence-corrected chi connectivity index (χ3v) is 3.15. The number of ether oxygens (including phenoxy) is 1. The minimum absolute atomic E-state index is 0.0420. The molecule has 3 aromatic rings. The van der Waals surface area contributed by atoms with Crippen LogP contribution in [0.5, 0.6) is 11.6 Å². The van der Waals surface area contributed by atoms with Crippen LogP contribution in [0.4, 0.5) is 14.5 Å². The number of rotatable bonds is 4. The largest absolute Gasteiger partial charge is 0.493 e. The molecular formula is C16H11F2N3O3. The highest BCUT2D eigenvalue weighted by Crippen LogP contribution is 2.35. The van der Waals surface area contributed by atoms with Crippen LogP contribution in [-0.2, 0) is 4.79 Å². The molecule has 0 aliphatic carbocycles. The number of azo groups is 1. The summed E-state index contributed by atoms with van der Waals surface area (Å²) in [5, 5.41) is 17.1. The van der Waals surface area contributed by atoms with Crippen LogP contribution in [0.3, 0.4) is 0 Å². The summed E-state index contributed by atoms with van der Waals surface area (Å²) in [5.74, 6) is -1.67. The molecule has 1 heterocycles. The van der Waals surface area contributed by atoms with Gasteiger partial charge in [-0.3, -0.25) is 4.79 Å². The molecule has 0 unspecified atom stereocenters. The van der Waals surface area contributed by atoms with Gasteiger partial charge in [0.15, 0.2) is 12.3 Å². The zero-order chi connectivity index (χ0) is 17.1. The minimum Gasteiger partial charge on any atom is -0.493 e. The maximum absolute atomic E-state index is 13.3. The number of nitrogens with zero attached hydrogens (tertiary/aromatic N) is 2. The lowest BCUT2D eigenvalue weighted by Crippen LogP contribution is -2.07. The van der Waals surface area contributed by atoms with Crippen molar-refractivity contribution in [2.75, 3.05) is 6.61 Å². The second kappa shape index (κ2) is 6.45. The Hall–Kier alpha value is -3.29. The molecule has 2 N–H and O–H groups in total. The van der Waals surface area contributed by atoms with Crippen molar-refractivity contribution < 1.29 is 23.4 Å². The number of aromatic hydroxyl groups is 1. The topological polar surface area (TPSA) is 87.0 Å². The number of hydrogen-bond donors (Lipinski definition) is 2. The van der Waals surface area contributed by atoms with E-state index in [-0.39, 0.29) is 11.6 Å². The van der Waals surface area contributed by atoms with Crippen LogP contribution in [0.2, 0.25) is 0 Å². The number of halogens is 2. The molecule has 2 aromatic carbocycles. The van der Waals surface area contributed by atoms with E-state index in [2.05, 4.69) is 15.2 Å². The predicted molar refractivity (Wildman–Crippen MR) is 81.3 cm³/mol. The Bertz CT molecular complexity index is 920. The van der Waals surface area contributed by atoms with Gasteiger partial charge in [0.2, 0.25) is 5.88 Å². The van der Waals surface area contributed by atoms with E-state index in [1.165, 1.54) is 42.5 Å². The van der Waals surface area contributed by atoms with Gasteiger partial charge in [-0.2, -0.15) is 0 Å². The molecule has 1 amide bonds. The van der Waals surface area contributed by atoms with Crippen molar-refractivity contribution in [3.05, 3.63) is 54.1 Å². The monoisotopic (exact) mass is 331 g/mol. The van der Waals surface area contributed by atoms with Crippen LogP contribution < -0.4 is 4.74 Å². The molecule has 0 atom stereocenters. The Kier molecular flexibility index (Phi) is 4.19. The van der Waals surface area contributed by atoms with Crippen molar-refractivity contribution in [3.63, 3.8) is 0 Å². The number of aromatic nitrogens is 1. The number of carbonyl (C=O) groups excluding carboxylic acids is 1. The normalized spacial score (nSPS) is 11.2. The molecule has 0 spiro atoms. The molecule has 0 aliphatic rings. The first kappa shape index (κ1) is 15.6. The number of carbonyl (C=O) groups is 1. The van der Waals surface area contributed by atoms with Gasteiger partial charge < -0.3 is 14.8 Å². The highest BCUT2D eigenvalue weighted by molar-refractivity contribution is 5.94. The van der Waals surface area contributed by atoms with Crippen LogP contribution in [0.25, 0.3) is 10.9 Å². The quantitative estimate of drug-likeness (QED) is 0.712. The van der Waals surface area contributed by atoms with Gasteiger partial charge in [-0.25, -0.2) is 8.78 Å². The maximum atomic E-state index is 13.3. The third-order valence-electron chi connectivity index (χ3n) is 3.15. The average molecular weight is 331 g/mol. The van der Waals surface area contributed by atoms with Gasteiger partial charge in [-0.15, -0.1) is 10.2 Å². The summed E-state index contributed by atoms with van der Waals surface area (Å²) in [4.78, 5) is 14.3. The summed E-state index contributed by atoms with van der Waals surface area (Å²) in [6, 6.07) is 8.95. The molecule has 0 bridgehead atoms. The van der Waals surface area contributed by atoms with Crippen molar-refractivity contribution in [1.82, 2.24) is 4.98 Å². The van der Waals surface area contributed by atoms with Crippen LogP contribution >= 0.6 is 0 Å². The Balaban J connectivity index is 1.71. The standard InChI is InChI=1S/C16H11F2N3O3/c17-9-1-4-11(5-2-9)24-8-14(22)20-21-15-12-7-10(18)3-6-13(12)19-16(15)23/h1-7,19,23H,8H2. The molecule has 122 valence electrons. The first-order chi connectivity index (χ1) is 11.5. The summed E-state index contributed by atoms with van der Waals surface area (Å²) in [6.45, 7) is -0.410.